The van der Waals surface area contributed by atoms with Crippen LogP contribution in [0.4, 0.5) is 0 Å². The summed E-state index contributed by atoms with van der Waals surface area (Å²) in [6.07, 6.45) is 5.40. The first-order chi connectivity index (χ1) is 17.4. The highest BCUT2D eigenvalue weighted by Gasteiger charge is 2.51. The minimum atomic E-state index is -0.478. The molecule has 0 radical (unpaired) electrons. The van der Waals surface area contributed by atoms with E-state index in [2.05, 4.69) is 9.88 Å². The molecule has 6 rings (SSSR count). The number of thiazole rings is 1. The largest absolute Gasteiger partial charge is 0.454 e. The summed E-state index contributed by atoms with van der Waals surface area (Å²) in [5.41, 5.74) is 7.27. The zero-order valence-corrected chi connectivity index (χ0v) is 21.2. The van der Waals surface area contributed by atoms with E-state index in [-0.39, 0.29) is 37.0 Å². The van der Waals surface area contributed by atoms with Crippen LogP contribution in [-0.4, -0.2) is 41.0 Å². The van der Waals surface area contributed by atoms with Crippen LogP contribution in [0.1, 0.15) is 52.7 Å². The number of primary amides is 1. The van der Waals surface area contributed by atoms with Gasteiger partial charge in [-0.2, -0.15) is 0 Å². The summed E-state index contributed by atoms with van der Waals surface area (Å²) in [7, 11) is 0. The van der Waals surface area contributed by atoms with Gasteiger partial charge in [-0.05, 0) is 67.6 Å². The van der Waals surface area contributed by atoms with Crippen LogP contribution in [0, 0.1) is 0 Å². The van der Waals surface area contributed by atoms with Crippen LogP contribution in [0.25, 0.3) is 0 Å². The number of rotatable bonds is 8. The van der Waals surface area contributed by atoms with Crippen LogP contribution in [0.15, 0.2) is 48.7 Å². The lowest BCUT2D eigenvalue weighted by Crippen LogP contribution is -2.42. The van der Waals surface area contributed by atoms with E-state index in [9.17, 15) is 9.59 Å². The van der Waals surface area contributed by atoms with Gasteiger partial charge in [-0.3, -0.25) is 14.5 Å². The van der Waals surface area contributed by atoms with Crippen molar-refractivity contribution < 1.29 is 19.1 Å². The maximum atomic E-state index is 13.5. The van der Waals surface area contributed by atoms with Crippen LogP contribution in [0.3, 0.4) is 0 Å². The van der Waals surface area contributed by atoms with Crippen molar-refractivity contribution in [3.05, 3.63) is 74.7 Å². The molecule has 1 aromatic heterocycles. The average Bonchev–Trinajstić information content (AvgIpc) is 3.20. The molecule has 1 unspecified atom stereocenters. The molecule has 2 N–H and O–H groups in total. The first-order valence-corrected chi connectivity index (χ1v) is 13.3. The number of hydrogen-bond acceptors (Lipinski definition) is 7. The molecule has 2 aromatic carbocycles. The van der Waals surface area contributed by atoms with E-state index in [1.165, 1.54) is 11.3 Å². The SMILES string of the molecule is NC(=O)[C@@H]1CCCN1C(c1ccc(Cl)cc1)c1cnc(CC(=O)C2(c3ccc4c(c3)OCO4)CC2)s1. The molecular weight excluding hydrogens is 498 g/mol. The Kier molecular flexibility index (Phi) is 5.98. The Hall–Kier alpha value is -2.94. The number of Topliss-reactive ketones (excluding diaryl/α,β-unsaturated/α-hetero) is 1. The minimum absolute atomic E-state index is 0.168. The third kappa shape index (κ3) is 4.17. The van der Waals surface area contributed by atoms with Crippen molar-refractivity contribution in [2.24, 2.45) is 5.73 Å². The number of aromatic nitrogens is 1. The van der Waals surface area contributed by atoms with Crippen LogP contribution in [-0.2, 0) is 21.4 Å². The summed E-state index contributed by atoms with van der Waals surface area (Å²) in [6.45, 7) is 0.977. The molecule has 36 heavy (non-hydrogen) atoms. The van der Waals surface area contributed by atoms with Gasteiger partial charge in [0.05, 0.1) is 23.9 Å². The maximum Gasteiger partial charge on any atom is 0.234 e. The van der Waals surface area contributed by atoms with Crippen LogP contribution < -0.4 is 15.2 Å². The summed E-state index contributed by atoms with van der Waals surface area (Å²) in [5.74, 6) is 1.27. The topological polar surface area (TPSA) is 94.8 Å². The molecule has 0 bridgehead atoms. The van der Waals surface area contributed by atoms with E-state index >= 15 is 0 Å². The molecule has 2 fully saturated rings. The number of ketones is 1. The summed E-state index contributed by atoms with van der Waals surface area (Å²) >= 11 is 7.67. The lowest BCUT2D eigenvalue weighted by Gasteiger charge is -2.31. The molecular formula is C27H26ClN3O4S. The average molecular weight is 524 g/mol. The van der Waals surface area contributed by atoms with E-state index < -0.39 is 5.41 Å². The van der Waals surface area contributed by atoms with Crippen molar-refractivity contribution in [2.75, 3.05) is 13.3 Å². The van der Waals surface area contributed by atoms with Gasteiger partial charge in [-0.15, -0.1) is 11.3 Å². The van der Waals surface area contributed by atoms with E-state index in [0.717, 1.165) is 59.0 Å². The monoisotopic (exact) mass is 523 g/mol. The Balaban J connectivity index is 1.26. The van der Waals surface area contributed by atoms with Crippen LogP contribution in [0.2, 0.25) is 5.02 Å². The van der Waals surface area contributed by atoms with Gasteiger partial charge in [-0.1, -0.05) is 29.8 Å². The molecule has 186 valence electrons. The van der Waals surface area contributed by atoms with Gasteiger partial charge in [0.25, 0.3) is 0 Å². The molecule has 1 saturated carbocycles. The second-order valence-corrected chi connectivity index (χ2v) is 11.2. The highest BCUT2D eigenvalue weighted by Crippen LogP contribution is 2.51. The van der Waals surface area contributed by atoms with E-state index in [1.54, 1.807) is 0 Å². The number of halogens is 1. The van der Waals surface area contributed by atoms with E-state index in [4.69, 9.17) is 26.8 Å². The molecule has 3 heterocycles. The quantitative estimate of drug-likeness (QED) is 0.470. The van der Waals surface area contributed by atoms with Gasteiger partial charge >= 0.3 is 0 Å². The first-order valence-electron chi connectivity index (χ1n) is 12.1. The number of amides is 1. The maximum absolute atomic E-state index is 13.5. The fraction of sp³-hybridized carbons (Fsp3) is 0.370. The fourth-order valence-electron chi connectivity index (χ4n) is 5.45. The lowest BCUT2D eigenvalue weighted by atomic mass is 9.89. The van der Waals surface area contributed by atoms with Crippen molar-refractivity contribution >= 4 is 34.6 Å². The van der Waals surface area contributed by atoms with Gasteiger partial charge in [0, 0.05) is 16.1 Å². The van der Waals surface area contributed by atoms with Crippen LogP contribution in [0.5, 0.6) is 11.5 Å². The first kappa shape index (κ1) is 23.5. The van der Waals surface area contributed by atoms with E-state index in [0.29, 0.717) is 10.8 Å². The third-order valence-electron chi connectivity index (χ3n) is 7.50. The Morgan fingerprint density at radius 1 is 1.17 bits per heavy atom. The van der Waals surface area contributed by atoms with E-state index in [1.807, 2.05) is 48.7 Å². The van der Waals surface area contributed by atoms with Crippen molar-refractivity contribution in [1.82, 2.24) is 9.88 Å². The molecule has 1 amide bonds. The van der Waals surface area contributed by atoms with Gasteiger partial charge in [0.1, 0.15) is 10.8 Å². The Bertz CT molecular complexity index is 1320. The highest BCUT2D eigenvalue weighted by molar-refractivity contribution is 7.11. The highest BCUT2D eigenvalue weighted by atomic mass is 35.5. The summed E-state index contributed by atoms with van der Waals surface area (Å²) < 4.78 is 10.9. The fourth-order valence-corrected chi connectivity index (χ4v) is 6.65. The number of hydrogen-bond donors (Lipinski definition) is 1. The molecule has 1 saturated heterocycles. The summed E-state index contributed by atoms with van der Waals surface area (Å²) in [6, 6.07) is 13.0. The zero-order valence-electron chi connectivity index (χ0n) is 19.6. The number of carbonyl (C=O) groups excluding carboxylic acids is 2. The second-order valence-electron chi connectivity index (χ2n) is 9.66. The number of likely N-dealkylation sites (tertiary alicyclic amines) is 1. The lowest BCUT2D eigenvalue weighted by molar-refractivity contribution is -0.123. The van der Waals surface area contributed by atoms with Gasteiger partial charge in [0.15, 0.2) is 11.5 Å². The Labute approximate surface area is 218 Å². The van der Waals surface area contributed by atoms with Gasteiger partial charge < -0.3 is 15.2 Å². The summed E-state index contributed by atoms with van der Waals surface area (Å²) in [5, 5.41) is 1.43. The number of benzene rings is 2. The van der Waals surface area contributed by atoms with Crippen molar-refractivity contribution in [1.29, 1.82) is 0 Å². The molecule has 2 atom stereocenters. The Morgan fingerprint density at radius 2 is 1.94 bits per heavy atom. The Morgan fingerprint density at radius 3 is 2.69 bits per heavy atom. The number of nitrogens with two attached hydrogens (primary N) is 1. The molecule has 3 aromatic rings. The molecule has 3 aliphatic rings. The number of ether oxygens (including phenoxy) is 2. The second kappa shape index (κ2) is 9.18. The molecule has 0 spiro atoms. The molecule has 2 aliphatic heterocycles. The van der Waals surface area contributed by atoms with Gasteiger partial charge in [0.2, 0.25) is 12.7 Å². The molecule has 1 aliphatic carbocycles. The smallest absolute Gasteiger partial charge is 0.234 e. The number of nitrogens with zero attached hydrogens (tertiary/aromatic N) is 2. The summed E-state index contributed by atoms with van der Waals surface area (Å²) in [4.78, 5) is 33.5. The number of carbonyl (C=O) groups is 2. The normalized spacial score (nSPS) is 20.9. The third-order valence-corrected chi connectivity index (χ3v) is 8.80. The number of fused-ring (bicyclic) bond motifs is 1. The molecule has 7 nitrogen and oxygen atoms in total. The van der Waals surface area contributed by atoms with Crippen molar-refractivity contribution in [3.63, 3.8) is 0 Å². The van der Waals surface area contributed by atoms with Crippen molar-refractivity contribution in [3.8, 4) is 11.5 Å². The van der Waals surface area contributed by atoms with Crippen LogP contribution >= 0.6 is 22.9 Å². The van der Waals surface area contributed by atoms with Crippen molar-refractivity contribution in [2.45, 2.75) is 49.6 Å². The van der Waals surface area contributed by atoms with Gasteiger partial charge in [-0.25, -0.2) is 4.98 Å². The predicted molar refractivity (Wildman–Crippen MR) is 137 cm³/mol. The standard InChI is InChI=1S/C27H26ClN3O4S/c28-18-6-3-16(4-7-18)25(31-11-1-2-19(31)26(29)33)22-14-30-24(36-22)13-23(32)27(9-10-27)17-5-8-20-21(12-17)35-15-34-20/h3-8,12,14,19,25H,1-2,9-11,13,15H2,(H2,29,33)/t19-,25?/m0/s1. The molecule has 9 heteroatoms. The predicted octanol–water partition coefficient (Wildman–Crippen LogP) is 4.41. The zero-order chi connectivity index (χ0) is 24.9. The minimum Gasteiger partial charge on any atom is -0.454 e.